The van der Waals surface area contributed by atoms with Gasteiger partial charge in [0.15, 0.2) is 0 Å². The van der Waals surface area contributed by atoms with Gasteiger partial charge in [0, 0.05) is 19.2 Å². The summed E-state index contributed by atoms with van der Waals surface area (Å²) in [6, 6.07) is -0.168. The average molecular weight is 280 g/mol. The Kier molecular flexibility index (Phi) is 8.77. The maximum absolute atomic E-state index is 12.1. The molecule has 0 saturated carbocycles. The van der Waals surface area contributed by atoms with Gasteiger partial charge in [-0.1, -0.05) is 20.8 Å². The largest absolute Gasteiger partial charge is 0.380 e. The second-order valence-electron chi connectivity index (χ2n) is 4.79. The number of ether oxygens (including phenoxy) is 1. The minimum Gasteiger partial charge on any atom is -0.380 e. The van der Waals surface area contributed by atoms with E-state index in [1.54, 1.807) is 6.92 Å². The molecule has 2 atom stereocenters. The third kappa shape index (κ3) is 6.68. The Balaban J connectivity index is 4.49. The molecule has 0 aromatic carbocycles. The van der Waals surface area contributed by atoms with E-state index in [4.69, 9.17) is 4.74 Å². The summed E-state index contributed by atoms with van der Waals surface area (Å²) >= 11 is 0. The van der Waals surface area contributed by atoms with Crippen LogP contribution in [0.2, 0.25) is 0 Å². The first kappa shape index (κ1) is 17.8. The summed E-state index contributed by atoms with van der Waals surface area (Å²) in [5, 5.41) is 2.61. The summed E-state index contributed by atoms with van der Waals surface area (Å²) in [5.41, 5.74) is 0. The van der Waals surface area contributed by atoms with Crippen LogP contribution in [0.25, 0.3) is 0 Å². The van der Waals surface area contributed by atoms with Gasteiger partial charge < -0.3 is 10.1 Å². The summed E-state index contributed by atoms with van der Waals surface area (Å²) < 4.78 is 32.3. The fraction of sp³-hybridized carbons (Fsp3) is 1.00. The molecule has 18 heavy (non-hydrogen) atoms. The van der Waals surface area contributed by atoms with Crippen LogP contribution < -0.4 is 10.0 Å². The lowest BCUT2D eigenvalue weighted by Gasteiger charge is -2.24. The molecule has 6 heteroatoms. The molecule has 2 N–H and O–H groups in total. The van der Waals surface area contributed by atoms with Crippen molar-refractivity contribution >= 4 is 10.0 Å². The Bertz CT molecular complexity index is 304. The van der Waals surface area contributed by atoms with Crippen LogP contribution in [0.1, 0.15) is 34.6 Å². The minimum atomic E-state index is -3.30. The minimum absolute atomic E-state index is 0.168. The highest BCUT2D eigenvalue weighted by atomic mass is 32.2. The lowest BCUT2D eigenvalue weighted by molar-refractivity contribution is 0.116. The molecule has 0 heterocycles. The van der Waals surface area contributed by atoms with E-state index in [0.29, 0.717) is 19.8 Å². The van der Waals surface area contributed by atoms with Crippen LogP contribution in [0.15, 0.2) is 0 Å². The predicted molar refractivity (Wildman–Crippen MR) is 75.2 cm³/mol. The van der Waals surface area contributed by atoms with Crippen LogP contribution in [0.4, 0.5) is 0 Å². The van der Waals surface area contributed by atoms with E-state index >= 15 is 0 Å². The molecule has 0 saturated heterocycles. The first-order chi connectivity index (χ1) is 8.35. The maximum Gasteiger partial charge on any atom is 0.215 e. The Morgan fingerprint density at radius 1 is 1.17 bits per heavy atom. The first-order valence-electron chi connectivity index (χ1n) is 6.64. The molecule has 110 valence electrons. The lowest BCUT2D eigenvalue weighted by atomic mass is 10.1. The molecule has 0 aliphatic heterocycles. The third-order valence-corrected chi connectivity index (χ3v) is 4.69. The van der Waals surface area contributed by atoms with Gasteiger partial charge in [-0.05, 0) is 26.3 Å². The van der Waals surface area contributed by atoms with E-state index < -0.39 is 15.3 Å². The molecule has 0 fully saturated rings. The summed E-state index contributed by atoms with van der Waals surface area (Å²) in [5.74, 6) is 0.206. The maximum atomic E-state index is 12.1. The zero-order valence-electron chi connectivity index (χ0n) is 12.2. The topological polar surface area (TPSA) is 67.4 Å². The zero-order valence-corrected chi connectivity index (χ0v) is 13.0. The van der Waals surface area contributed by atoms with Crippen molar-refractivity contribution in [2.75, 3.05) is 26.3 Å². The SMILES string of the molecule is CCNCC(C)S(=O)(=O)NC(COCC)C(C)C. The van der Waals surface area contributed by atoms with Crippen LogP contribution in [-0.4, -0.2) is 46.0 Å². The van der Waals surface area contributed by atoms with Crippen LogP contribution in [-0.2, 0) is 14.8 Å². The molecular formula is C12H28N2O3S. The smallest absolute Gasteiger partial charge is 0.215 e. The Hall–Kier alpha value is -0.170. The lowest BCUT2D eigenvalue weighted by Crippen LogP contribution is -2.47. The van der Waals surface area contributed by atoms with Crippen molar-refractivity contribution in [3.8, 4) is 0 Å². The van der Waals surface area contributed by atoms with Gasteiger partial charge in [-0.15, -0.1) is 0 Å². The highest BCUT2D eigenvalue weighted by Gasteiger charge is 2.25. The van der Waals surface area contributed by atoms with Gasteiger partial charge in [0.25, 0.3) is 0 Å². The average Bonchev–Trinajstić information content (AvgIpc) is 2.30. The number of hydrogen-bond acceptors (Lipinski definition) is 4. The molecule has 0 spiro atoms. The monoisotopic (exact) mass is 280 g/mol. The van der Waals surface area contributed by atoms with Gasteiger partial charge >= 0.3 is 0 Å². The molecule has 0 aliphatic carbocycles. The molecular weight excluding hydrogens is 252 g/mol. The van der Waals surface area contributed by atoms with E-state index in [1.807, 2.05) is 27.7 Å². The second-order valence-corrected chi connectivity index (χ2v) is 6.92. The van der Waals surface area contributed by atoms with Crippen LogP contribution >= 0.6 is 0 Å². The molecule has 5 nitrogen and oxygen atoms in total. The third-order valence-electron chi connectivity index (χ3n) is 2.83. The number of hydrogen-bond donors (Lipinski definition) is 2. The van der Waals surface area contributed by atoms with Gasteiger partial charge in [0.2, 0.25) is 10.0 Å². The standard InChI is InChI=1S/C12H28N2O3S/c1-6-13-8-11(5)18(15,16)14-12(10(3)4)9-17-7-2/h10-14H,6-9H2,1-5H3. The molecule has 0 radical (unpaired) electrons. The Morgan fingerprint density at radius 2 is 1.78 bits per heavy atom. The fourth-order valence-electron chi connectivity index (χ4n) is 1.39. The molecule has 2 unspecified atom stereocenters. The molecule has 0 bridgehead atoms. The van der Waals surface area contributed by atoms with Crippen molar-refractivity contribution in [3.05, 3.63) is 0 Å². The quantitative estimate of drug-likeness (QED) is 0.625. The van der Waals surface area contributed by atoms with Crippen molar-refractivity contribution in [1.82, 2.24) is 10.0 Å². The number of sulfonamides is 1. The highest BCUT2D eigenvalue weighted by molar-refractivity contribution is 7.90. The normalized spacial score (nSPS) is 15.9. The number of nitrogens with one attached hydrogen (secondary N) is 2. The van der Waals surface area contributed by atoms with Gasteiger partial charge in [-0.2, -0.15) is 0 Å². The van der Waals surface area contributed by atoms with Crippen LogP contribution in [0.5, 0.6) is 0 Å². The second kappa shape index (κ2) is 8.85. The fourth-order valence-corrected chi connectivity index (χ4v) is 2.72. The summed E-state index contributed by atoms with van der Waals surface area (Å²) in [6.07, 6.45) is 0. The van der Waals surface area contributed by atoms with Crippen molar-refractivity contribution in [2.24, 2.45) is 5.92 Å². The van der Waals surface area contributed by atoms with Crippen molar-refractivity contribution in [3.63, 3.8) is 0 Å². The van der Waals surface area contributed by atoms with E-state index in [1.165, 1.54) is 0 Å². The van der Waals surface area contributed by atoms with Crippen molar-refractivity contribution < 1.29 is 13.2 Å². The summed E-state index contributed by atoms with van der Waals surface area (Å²) in [4.78, 5) is 0. The Morgan fingerprint density at radius 3 is 2.22 bits per heavy atom. The first-order valence-corrected chi connectivity index (χ1v) is 8.19. The molecule has 0 aromatic rings. The Labute approximate surface area is 112 Å². The summed E-state index contributed by atoms with van der Waals surface area (Å²) in [7, 11) is -3.30. The van der Waals surface area contributed by atoms with E-state index in [9.17, 15) is 8.42 Å². The molecule has 0 aromatic heterocycles. The molecule has 0 aliphatic rings. The predicted octanol–water partition coefficient (Wildman–Crippen LogP) is 0.965. The van der Waals surface area contributed by atoms with Crippen LogP contribution in [0, 0.1) is 5.92 Å². The van der Waals surface area contributed by atoms with E-state index in [-0.39, 0.29) is 12.0 Å². The van der Waals surface area contributed by atoms with Gasteiger partial charge in [0.1, 0.15) is 0 Å². The van der Waals surface area contributed by atoms with Gasteiger partial charge in [0.05, 0.1) is 11.9 Å². The molecule has 0 amide bonds. The summed E-state index contributed by atoms with van der Waals surface area (Å²) in [6.45, 7) is 11.8. The van der Waals surface area contributed by atoms with Crippen molar-refractivity contribution in [1.29, 1.82) is 0 Å². The van der Waals surface area contributed by atoms with Crippen molar-refractivity contribution in [2.45, 2.75) is 45.9 Å². The zero-order chi connectivity index (χ0) is 14.2. The van der Waals surface area contributed by atoms with Crippen LogP contribution in [0.3, 0.4) is 0 Å². The molecule has 0 rings (SSSR count). The highest BCUT2D eigenvalue weighted by Crippen LogP contribution is 2.07. The van der Waals surface area contributed by atoms with E-state index in [2.05, 4.69) is 10.0 Å². The van der Waals surface area contributed by atoms with Gasteiger partial charge in [-0.3, -0.25) is 0 Å². The number of rotatable bonds is 10. The van der Waals surface area contributed by atoms with E-state index in [0.717, 1.165) is 6.54 Å². The van der Waals surface area contributed by atoms with Gasteiger partial charge in [-0.25, -0.2) is 13.1 Å².